The molecule has 1 saturated carbocycles. The average Bonchev–Trinajstić information content (AvgIpc) is 3.34. The van der Waals surface area contributed by atoms with Crippen LogP contribution in [0.3, 0.4) is 0 Å². The van der Waals surface area contributed by atoms with Crippen molar-refractivity contribution in [3.63, 3.8) is 0 Å². The van der Waals surface area contributed by atoms with Gasteiger partial charge >= 0.3 is 0 Å². The highest BCUT2D eigenvalue weighted by molar-refractivity contribution is 6.30. The topological polar surface area (TPSA) is 52.7 Å². The van der Waals surface area contributed by atoms with E-state index >= 15 is 0 Å². The van der Waals surface area contributed by atoms with E-state index in [1.54, 1.807) is 12.1 Å². The number of rotatable bonds is 5. The molecule has 2 aliphatic rings. The highest BCUT2D eigenvalue weighted by atomic mass is 35.5. The number of hydrogen-bond acceptors (Lipinski definition) is 3. The summed E-state index contributed by atoms with van der Waals surface area (Å²) in [6, 6.07) is 15.1. The van der Waals surface area contributed by atoms with Gasteiger partial charge in [-0.25, -0.2) is 0 Å². The Morgan fingerprint density at radius 2 is 1.50 bits per heavy atom. The van der Waals surface area contributed by atoms with Gasteiger partial charge in [0.25, 0.3) is 5.91 Å². The Morgan fingerprint density at radius 1 is 0.912 bits per heavy atom. The smallest absolute Gasteiger partial charge is 0.253 e. The van der Waals surface area contributed by atoms with E-state index in [0.717, 1.165) is 24.1 Å². The third kappa shape index (κ3) is 5.81. The highest BCUT2D eigenvalue weighted by Gasteiger charge is 2.37. The molecule has 0 radical (unpaired) electrons. The number of carbonyl (C=O) groups is 2. The minimum absolute atomic E-state index is 0.0479. The molecular formula is C28H36ClN3O2. The Hall–Kier alpha value is -2.37. The second-order valence-electron chi connectivity index (χ2n) is 10.6. The first-order valence-electron chi connectivity index (χ1n) is 12.4. The van der Waals surface area contributed by atoms with Gasteiger partial charge in [-0.2, -0.15) is 0 Å². The van der Waals surface area contributed by atoms with E-state index in [1.807, 2.05) is 29.2 Å². The molecule has 2 aromatic rings. The molecule has 0 spiro atoms. The van der Waals surface area contributed by atoms with E-state index in [0.29, 0.717) is 37.1 Å². The second-order valence-corrected chi connectivity index (χ2v) is 11.1. The van der Waals surface area contributed by atoms with Crippen molar-refractivity contribution >= 4 is 29.1 Å². The Morgan fingerprint density at radius 3 is 2.06 bits per heavy atom. The molecule has 4 rings (SSSR count). The predicted octanol–water partition coefficient (Wildman–Crippen LogP) is 5.59. The molecule has 2 amide bonds. The number of halogens is 1. The van der Waals surface area contributed by atoms with Crippen LogP contribution in [-0.2, 0) is 10.2 Å². The van der Waals surface area contributed by atoms with Gasteiger partial charge < -0.3 is 10.2 Å². The molecule has 2 fully saturated rings. The van der Waals surface area contributed by atoms with Crippen molar-refractivity contribution in [1.82, 2.24) is 9.80 Å². The summed E-state index contributed by atoms with van der Waals surface area (Å²) in [6.45, 7) is 9.21. The molecule has 1 aliphatic heterocycles. The minimum atomic E-state index is -0.165. The molecule has 1 unspecified atom stereocenters. The van der Waals surface area contributed by atoms with Crippen molar-refractivity contribution < 1.29 is 9.59 Å². The quantitative estimate of drug-likeness (QED) is 0.605. The number of nitrogens with zero attached hydrogens (tertiary/aromatic N) is 2. The zero-order valence-electron chi connectivity index (χ0n) is 20.5. The van der Waals surface area contributed by atoms with E-state index in [2.05, 4.69) is 43.1 Å². The lowest BCUT2D eigenvalue weighted by Crippen LogP contribution is -2.56. The lowest BCUT2D eigenvalue weighted by atomic mass is 9.86. The van der Waals surface area contributed by atoms with Gasteiger partial charge in [0, 0.05) is 42.5 Å². The zero-order valence-corrected chi connectivity index (χ0v) is 21.3. The Labute approximate surface area is 208 Å². The fourth-order valence-electron chi connectivity index (χ4n) is 5.20. The predicted molar refractivity (Wildman–Crippen MR) is 138 cm³/mol. The molecule has 1 N–H and O–H groups in total. The van der Waals surface area contributed by atoms with E-state index in [9.17, 15) is 9.59 Å². The van der Waals surface area contributed by atoms with Crippen LogP contribution in [-0.4, -0.2) is 53.8 Å². The van der Waals surface area contributed by atoms with Crippen LogP contribution in [0.15, 0.2) is 48.5 Å². The Balaban J connectivity index is 1.40. The fourth-order valence-corrected chi connectivity index (χ4v) is 5.33. The van der Waals surface area contributed by atoms with Crippen LogP contribution in [0.2, 0.25) is 5.02 Å². The Bertz CT molecular complexity index is 984. The van der Waals surface area contributed by atoms with Gasteiger partial charge in [0.05, 0.1) is 6.04 Å². The first-order chi connectivity index (χ1) is 16.2. The number of benzene rings is 2. The van der Waals surface area contributed by atoms with Crippen LogP contribution in [0.1, 0.15) is 62.4 Å². The maximum atomic E-state index is 13.4. The summed E-state index contributed by atoms with van der Waals surface area (Å²) in [5.74, 6) is 0.481. The first-order valence-corrected chi connectivity index (χ1v) is 12.8. The van der Waals surface area contributed by atoms with Gasteiger partial charge in [0.1, 0.15) is 0 Å². The van der Waals surface area contributed by atoms with E-state index in [4.69, 9.17) is 11.6 Å². The summed E-state index contributed by atoms with van der Waals surface area (Å²) in [5.41, 5.74) is 2.79. The van der Waals surface area contributed by atoms with Crippen molar-refractivity contribution in [1.29, 1.82) is 0 Å². The summed E-state index contributed by atoms with van der Waals surface area (Å²) in [5, 5.41) is 3.75. The molecule has 1 aliphatic carbocycles. The summed E-state index contributed by atoms with van der Waals surface area (Å²) in [4.78, 5) is 30.7. The lowest BCUT2D eigenvalue weighted by Gasteiger charge is -2.40. The zero-order chi connectivity index (χ0) is 24.3. The van der Waals surface area contributed by atoms with Gasteiger partial charge in [-0.15, -0.1) is 0 Å². The van der Waals surface area contributed by atoms with Crippen molar-refractivity contribution in [3.8, 4) is 0 Å². The lowest BCUT2D eigenvalue weighted by molar-refractivity contribution is -0.123. The van der Waals surface area contributed by atoms with Gasteiger partial charge in [-0.1, -0.05) is 57.3 Å². The van der Waals surface area contributed by atoms with Gasteiger partial charge in [-0.05, 0) is 66.1 Å². The third-order valence-corrected chi connectivity index (χ3v) is 7.47. The SMILES string of the molecule is CC(C)(C)c1ccc(C(=O)N2CCN(C(C(=O)Nc3ccc(Cl)cc3)C3CCCC3)CC2)cc1. The monoisotopic (exact) mass is 481 g/mol. The van der Waals surface area contributed by atoms with Gasteiger partial charge in [-0.3, -0.25) is 14.5 Å². The molecule has 0 bridgehead atoms. The molecule has 6 heteroatoms. The molecule has 5 nitrogen and oxygen atoms in total. The fraction of sp³-hybridized carbons (Fsp3) is 0.500. The minimum Gasteiger partial charge on any atom is -0.336 e. The van der Waals surface area contributed by atoms with E-state index in [-0.39, 0.29) is 23.3 Å². The van der Waals surface area contributed by atoms with Crippen molar-refractivity contribution in [2.24, 2.45) is 5.92 Å². The number of hydrogen-bond donors (Lipinski definition) is 1. The molecule has 34 heavy (non-hydrogen) atoms. The van der Waals surface area contributed by atoms with Crippen LogP contribution in [0.25, 0.3) is 0 Å². The molecular weight excluding hydrogens is 446 g/mol. The van der Waals surface area contributed by atoms with Crippen LogP contribution in [0.4, 0.5) is 5.69 Å². The van der Waals surface area contributed by atoms with Gasteiger partial charge in [0.15, 0.2) is 0 Å². The summed E-state index contributed by atoms with van der Waals surface area (Å²) in [6.07, 6.45) is 4.52. The van der Waals surface area contributed by atoms with Crippen LogP contribution in [0, 0.1) is 5.92 Å². The summed E-state index contributed by atoms with van der Waals surface area (Å²) >= 11 is 5.99. The maximum absolute atomic E-state index is 13.4. The van der Waals surface area contributed by atoms with Crippen LogP contribution in [0.5, 0.6) is 0 Å². The van der Waals surface area contributed by atoms with Crippen LogP contribution >= 0.6 is 11.6 Å². The number of carbonyl (C=O) groups excluding carboxylic acids is 2. The number of amides is 2. The molecule has 182 valence electrons. The van der Waals surface area contributed by atoms with Gasteiger partial charge in [0.2, 0.25) is 5.91 Å². The maximum Gasteiger partial charge on any atom is 0.253 e. The third-order valence-electron chi connectivity index (χ3n) is 7.22. The summed E-state index contributed by atoms with van der Waals surface area (Å²) in [7, 11) is 0. The molecule has 1 atom stereocenters. The first kappa shape index (κ1) is 24.7. The number of nitrogens with one attached hydrogen (secondary N) is 1. The average molecular weight is 482 g/mol. The van der Waals surface area contributed by atoms with Crippen LogP contribution < -0.4 is 5.32 Å². The molecule has 1 heterocycles. The highest BCUT2D eigenvalue weighted by Crippen LogP contribution is 2.32. The number of anilines is 1. The van der Waals surface area contributed by atoms with Crippen molar-refractivity contribution in [3.05, 3.63) is 64.7 Å². The standard InChI is InChI=1S/C28H36ClN3O2/c1-28(2,3)22-10-8-21(9-11-22)27(34)32-18-16-31(17-19-32)25(20-6-4-5-7-20)26(33)30-24-14-12-23(29)13-15-24/h8-15,20,25H,4-7,16-19H2,1-3H3,(H,30,33). The second kappa shape index (κ2) is 10.5. The molecule has 2 aromatic carbocycles. The van der Waals surface area contributed by atoms with Crippen molar-refractivity contribution in [2.75, 3.05) is 31.5 Å². The Kier molecular flexibility index (Phi) is 7.63. The molecule has 1 saturated heterocycles. The molecule has 0 aromatic heterocycles. The van der Waals surface area contributed by atoms with Crippen molar-refractivity contribution in [2.45, 2.75) is 57.9 Å². The largest absolute Gasteiger partial charge is 0.336 e. The normalized spacial score (nSPS) is 18.6. The van der Waals surface area contributed by atoms with E-state index < -0.39 is 0 Å². The number of piperazine rings is 1. The van der Waals surface area contributed by atoms with E-state index in [1.165, 1.54) is 18.4 Å². The summed E-state index contributed by atoms with van der Waals surface area (Å²) < 4.78 is 0.